The summed E-state index contributed by atoms with van der Waals surface area (Å²) in [5.41, 5.74) is 5.99. The van der Waals surface area contributed by atoms with E-state index in [1.54, 1.807) is 38.5 Å². The maximum Gasteiger partial charge on any atom is 0.178 e. The first-order valence-corrected chi connectivity index (χ1v) is 23.5. The van der Waals surface area contributed by atoms with Crippen LogP contribution in [0.3, 0.4) is 0 Å². The van der Waals surface area contributed by atoms with Gasteiger partial charge < -0.3 is 9.47 Å². The zero-order valence-electron chi connectivity index (χ0n) is 32.2. The smallest absolute Gasteiger partial charge is 0.178 e. The van der Waals surface area contributed by atoms with Crippen molar-refractivity contribution >= 4 is 30.6 Å². The predicted octanol–water partition coefficient (Wildman–Crippen LogP) is 10.3. The molecule has 0 heterocycles. The molecule has 0 aromatic heterocycles. The molecule has 0 atom stereocenters. The Hall–Kier alpha value is -4.83. The van der Waals surface area contributed by atoms with Gasteiger partial charge in [-0.25, -0.2) is 16.8 Å². The molecule has 0 spiro atoms. The molecule has 288 valence electrons. The number of rotatable bonds is 15. The zero-order chi connectivity index (χ0) is 39.5. The highest BCUT2D eigenvalue weighted by atomic mass is 32.2. The minimum Gasteiger partial charge on any atom is -0.497 e. The van der Waals surface area contributed by atoms with Gasteiger partial charge >= 0.3 is 0 Å². The molecule has 7 rings (SSSR count). The molecule has 1 aliphatic rings. The van der Waals surface area contributed by atoms with Gasteiger partial charge in [0.2, 0.25) is 0 Å². The number of benzene rings is 6. The summed E-state index contributed by atoms with van der Waals surface area (Å²) in [6.07, 6.45) is 2.79. The number of sulfone groups is 2. The maximum atomic E-state index is 13.2. The van der Waals surface area contributed by atoms with Crippen molar-refractivity contribution in [3.8, 4) is 22.6 Å². The van der Waals surface area contributed by atoms with Crippen molar-refractivity contribution in [2.75, 3.05) is 25.7 Å². The lowest BCUT2D eigenvalue weighted by Crippen LogP contribution is -2.28. The van der Waals surface area contributed by atoms with Crippen molar-refractivity contribution in [1.82, 2.24) is 0 Å². The van der Waals surface area contributed by atoms with E-state index >= 15 is 0 Å². The first-order valence-electron chi connectivity index (χ1n) is 19.0. The number of methoxy groups -OCH3 is 2. The summed E-state index contributed by atoms with van der Waals surface area (Å²) < 4.78 is 64.0. The fourth-order valence-electron chi connectivity index (χ4n) is 7.74. The minimum atomic E-state index is -3.43. The van der Waals surface area contributed by atoms with Crippen LogP contribution in [0.25, 0.3) is 11.1 Å². The monoisotopic (exact) mass is 803 g/mol. The molecule has 0 bridgehead atoms. The van der Waals surface area contributed by atoms with Crippen molar-refractivity contribution in [3.05, 3.63) is 162 Å². The van der Waals surface area contributed by atoms with E-state index in [1.807, 2.05) is 62.4 Å². The summed E-state index contributed by atoms with van der Waals surface area (Å²) in [6, 6.07) is 46.3. The highest BCUT2D eigenvalue weighted by Gasteiger charge is 2.47. The summed E-state index contributed by atoms with van der Waals surface area (Å²) in [5, 5.41) is 0. The van der Waals surface area contributed by atoms with E-state index in [0.29, 0.717) is 22.6 Å². The van der Waals surface area contributed by atoms with Crippen molar-refractivity contribution in [1.29, 1.82) is 0 Å². The van der Waals surface area contributed by atoms with Crippen molar-refractivity contribution in [3.63, 3.8) is 0 Å². The normalized spacial score (nSPS) is 13.3. The summed E-state index contributed by atoms with van der Waals surface area (Å²) in [6.45, 7) is 3.97. The summed E-state index contributed by atoms with van der Waals surface area (Å²) in [7, 11) is -4.26. The van der Waals surface area contributed by atoms with Gasteiger partial charge in [-0.2, -0.15) is 0 Å². The van der Waals surface area contributed by atoms with Gasteiger partial charge in [-0.15, -0.1) is 0 Å². The molecule has 0 fully saturated rings. The van der Waals surface area contributed by atoms with Crippen LogP contribution >= 0.6 is 0 Å². The average Bonchev–Trinajstić information content (AvgIpc) is 3.53. The number of fused-ring (bicyclic) bond motifs is 3. The van der Waals surface area contributed by atoms with Crippen LogP contribution in [0, 0.1) is 0 Å². The van der Waals surface area contributed by atoms with Crippen LogP contribution in [0.15, 0.2) is 164 Å². The lowest BCUT2D eigenvalue weighted by Gasteiger charge is -2.34. The quantitative estimate of drug-likeness (QED) is 0.0960. The standard InChI is InChI=1S/C47H47O6S3/c1-5-7-31-55(48,49)41-26-21-38(22-27-41)54(39-23-28-42(29-24-39)56(50,51)32-8-6-2)40-25-30-44-43-11-9-10-12-45(43)47(46(44)33-40,34-13-17-36(52-3)18-14-34)35-15-19-37(53-4)20-16-35/h9-30,33H,5-8,31-32H2,1-4H3/q+1. The second-order valence-corrected chi connectivity index (χ2v) is 20.3. The third-order valence-corrected chi connectivity index (χ3v) is 16.5. The molecule has 9 heteroatoms. The molecule has 6 aromatic rings. The zero-order valence-corrected chi connectivity index (χ0v) is 34.6. The van der Waals surface area contributed by atoms with Gasteiger partial charge in [-0.3, -0.25) is 0 Å². The van der Waals surface area contributed by atoms with Gasteiger partial charge in [0.1, 0.15) is 11.5 Å². The molecule has 0 saturated heterocycles. The number of ether oxygens (including phenoxy) is 2. The van der Waals surface area contributed by atoms with Crippen molar-refractivity contribution in [2.24, 2.45) is 0 Å². The Kier molecular flexibility index (Phi) is 11.5. The lowest BCUT2D eigenvalue weighted by molar-refractivity contribution is 0.414. The Morgan fingerprint density at radius 2 is 0.929 bits per heavy atom. The minimum absolute atomic E-state index is 0.104. The SMILES string of the molecule is CCCCS(=O)(=O)c1ccc([S+](c2ccc(S(=O)(=O)CCCC)cc2)c2ccc3c(c2)C(c2ccc(OC)cc2)(c2ccc(OC)cc2)c2ccccc2-3)cc1. The van der Waals surface area contributed by atoms with E-state index in [1.165, 1.54) is 0 Å². The molecule has 0 amide bonds. The van der Waals surface area contributed by atoms with E-state index in [-0.39, 0.29) is 11.5 Å². The molecule has 1 aliphatic carbocycles. The van der Waals surface area contributed by atoms with Crippen LogP contribution in [0.4, 0.5) is 0 Å². The van der Waals surface area contributed by atoms with Crippen LogP contribution in [-0.2, 0) is 36.0 Å². The molecule has 6 aromatic carbocycles. The number of unbranched alkanes of at least 4 members (excludes halogenated alkanes) is 2. The van der Waals surface area contributed by atoms with Crippen LogP contribution < -0.4 is 9.47 Å². The van der Waals surface area contributed by atoms with Gasteiger partial charge in [0.05, 0.1) is 51.8 Å². The Morgan fingerprint density at radius 1 is 0.500 bits per heavy atom. The molecule has 0 unspecified atom stereocenters. The van der Waals surface area contributed by atoms with Crippen LogP contribution in [0.1, 0.15) is 61.8 Å². The van der Waals surface area contributed by atoms with Gasteiger partial charge in [0.25, 0.3) is 0 Å². The number of hydrogen-bond acceptors (Lipinski definition) is 6. The van der Waals surface area contributed by atoms with Crippen LogP contribution in [-0.4, -0.2) is 42.6 Å². The summed E-state index contributed by atoms with van der Waals surface area (Å²) in [5.74, 6) is 1.74. The van der Waals surface area contributed by atoms with Crippen LogP contribution in [0.2, 0.25) is 0 Å². The molecule has 0 radical (unpaired) electrons. The third kappa shape index (κ3) is 7.28. The highest BCUT2D eigenvalue weighted by Crippen LogP contribution is 2.57. The van der Waals surface area contributed by atoms with Crippen molar-refractivity contribution in [2.45, 2.75) is 69.4 Å². The Balaban J connectivity index is 1.45. The van der Waals surface area contributed by atoms with E-state index in [4.69, 9.17) is 9.47 Å². The molecule has 6 nitrogen and oxygen atoms in total. The lowest BCUT2D eigenvalue weighted by atomic mass is 9.67. The van der Waals surface area contributed by atoms with Gasteiger partial charge in [0, 0.05) is 0 Å². The fourth-order valence-corrected chi connectivity index (χ4v) is 12.7. The molecule has 0 aliphatic heterocycles. The maximum absolute atomic E-state index is 13.2. The second kappa shape index (κ2) is 16.3. The van der Waals surface area contributed by atoms with Gasteiger partial charge in [-0.1, -0.05) is 75.2 Å². The first-order chi connectivity index (χ1) is 27.1. The highest BCUT2D eigenvalue weighted by molar-refractivity contribution is 7.97. The van der Waals surface area contributed by atoms with Crippen LogP contribution in [0.5, 0.6) is 11.5 Å². The summed E-state index contributed by atoms with van der Waals surface area (Å²) in [4.78, 5) is 3.48. The molecule has 0 N–H and O–H groups in total. The topological polar surface area (TPSA) is 86.7 Å². The Morgan fingerprint density at radius 3 is 1.38 bits per heavy atom. The molecular formula is C47H47O6S3+. The van der Waals surface area contributed by atoms with E-state index < -0.39 is 36.0 Å². The molecule has 0 saturated carbocycles. The number of hydrogen-bond donors (Lipinski definition) is 0. The first kappa shape index (κ1) is 39.4. The van der Waals surface area contributed by atoms with E-state index in [0.717, 1.165) is 72.4 Å². The largest absolute Gasteiger partial charge is 0.497 e. The van der Waals surface area contributed by atoms with Crippen molar-refractivity contribution < 1.29 is 26.3 Å². The molecule has 56 heavy (non-hydrogen) atoms. The second-order valence-electron chi connectivity index (χ2n) is 14.1. The average molecular weight is 804 g/mol. The van der Waals surface area contributed by atoms with E-state index in [9.17, 15) is 16.8 Å². The fraction of sp³-hybridized carbons (Fsp3) is 0.234. The Bertz CT molecular complexity index is 2400. The third-order valence-electron chi connectivity index (χ3n) is 10.7. The van der Waals surface area contributed by atoms with Gasteiger partial charge in [-0.05, 0) is 137 Å². The van der Waals surface area contributed by atoms with E-state index in [2.05, 4.69) is 66.7 Å². The predicted molar refractivity (Wildman–Crippen MR) is 226 cm³/mol. The molecular weight excluding hydrogens is 757 g/mol. The van der Waals surface area contributed by atoms with Gasteiger partial charge in [0.15, 0.2) is 34.4 Å². The summed E-state index contributed by atoms with van der Waals surface area (Å²) >= 11 is 0. The Labute approximate surface area is 334 Å².